The number of rotatable bonds is 3. The van der Waals surface area contributed by atoms with Crippen LogP contribution < -0.4 is 5.32 Å². The first-order valence-electron chi connectivity index (χ1n) is 6.70. The van der Waals surface area contributed by atoms with Gasteiger partial charge >= 0.3 is 12.1 Å². The zero-order chi connectivity index (χ0) is 14.5. The number of hydrogen-bond donors (Lipinski definition) is 1. The minimum atomic E-state index is -0.508. The SMILES string of the molecule is CC(=O)ON1CCCC[C@@H]1CNC(=O)OC(C)(C)C. The van der Waals surface area contributed by atoms with Crippen LogP contribution in [0.1, 0.15) is 47.0 Å². The molecular weight excluding hydrogens is 248 g/mol. The Morgan fingerprint density at radius 1 is 1.32 bits per heavy atom. The van der Waals surface area contributed by atoms with Gasteiger partial charge < -0.3 is 14.9 Å². The summed E-state index contributed by atoms with van der Waals surface area (Å²) in [4.78, 5) is 27.7. The molecule has 6 nitrogen and oxygen atoms in total. The third-order valence-electron chi connectivity index (χ3n) is 2.70. The van der Waals surface area contributed by atoms with Gasteiger partial charge in [-0.2, -0.15) is 0 Å². The van der Waals surface area contributed by atoms with Crippen molar-refractivity contribution in [2.24, 2.45) is 0 Å². The standard InChI is InChI=1S/C13H24N2O4/c1-10(16)19-15-8-6-5-7-11(15)9-14-12(17)18-13(2,3)4/h11H,5-9H2,1-4H3,(H,14,17)/t11-/m1/s1. The Morgan fingerprint density at radius 3 is 2.58 bits per heavy atom. The van der Waals surface area contributed by atoms with Crippen molar-refractivity contribution in [1.29, 1.82) is 0 Å². The molecule has 1 saturated heterocycles. The first-order chi connectivity index (χ1) is 8.78. The molecule has 1 aliphatic heterocycles. The Kier molecular flexibility index (Phi) is 5.60. The highest BCUT2D eigenvalue weighted by atomic mass is 16.7. The lowest BCUT2D eigenvalue weighted by Crippen LogP contribution is -2.47. The van der Waals surface area contributed by atoms with Crippen LogP contribution in [0.2, 0.25) is 0 Å². The van der Waals surface area contributed by atoms with E-state index < -0.39 is 11.7 Å². The van der Waals surface area contributed by atoms with Gasteiger partial charge in [-0.05, 0) is 33.6 Å². The summed E-state index contributed by atoms with van der Waals surface area (Å²) >= 11 is 0. The van der Waals surface area contributed by atoms with Crippen LogP contribution in [0.5, 0.6) is 0 Å². The van der Waals surface area contributed by atoms with Gasteiger partial charge in [0, 0.05) is 20.0 Å². The van der Waals surface area contributed by atoms with Crippen molar-refractivity contribution >= 4 is 12.1 Å². The molecule has 0 unspecified atom stereocenters. The Hall–Kier alpha value is -1.30. The predicted molar refractivity (Wildman–Crippen MR) is 70.3 cm³/mol. The number of amides is 1. The lowest BCUT2D eigenvalue weighted by molar-refractivity contribution is -0.204. The van der Waals surface area contributed by atoms with Crippen molar-refractivity contribution in [3.8, 4) is 0 Å². The quantitative estimate of drug-likeness (QED) is 0.849. The van der Waals surface area contributed by atoms with Crippen molar-refractivity contribution in [2.45, 2.75) is 58.6 Å². The molecule has 1 atom stereocenters. The lowest BCUT2D eigenvalue weighted by atomic mass is 10.0. The molecule has 1 aliphatic rings. The van der Waals surface area contributed by atoms with E-state index in [0.717, 1.165) is 19.3 Å². The summed E-state index contributed by atoms with van der Waals surface area (Å²) < 4.78 is 5.17. The highest BCUT2D eigenvalue weighted by Crippen LogP contribution is 2.17. The van der Waals surface area contributed by atoms with E-state index in [2.05, 4.69) is 5.32 Å². The maximum atomic E-state index is 11.6. The van der Waals surface area contributed by atoms with Gasteiger partial charge in [0.05, 0.1) is 6.04 Å². The maximum absolute atomic E-state index is 11.6. The highest BCUT2D eigenvalue weighted by molar-refractivity contribution is 5.67. The summed E-state index contributed by atoms with van der Waals surface area (Å²) in [6.07, 6.45) is 2.51. The van der Waals surface area contributed by atoms with E-state index in [1.54, 1.807) is 5.06 Å². The van der Waals surface area contributed by atoms with Crippen LogP contribution in [-0.4, -0.2) is 41.9 Å². The molecule has 0 bridgehead atoms. The molecule has 1 amide bonds. The van der Waals surface area contributed by atoms with E-state index in [9.17, 15) is 9.59 Å². The van der Waals surface area contributed by atoms with Crippen molar-refractivity contribution in [3.63, 3.8) is 0 Å². The first-order valence-corrected chi connectivity index (χ1v) is 6.70. The van der Waals surface area contributed by atoms with Gasteiger partial charge in [0.25, 0.3) is 0 Å². The van der Waals surface area contributed by atoms with Crippen LogP contribution in [0.15, 0.2) is 0 Å². The molecule has 1 fully saturated rings. The van der Waals surface area contributed by atoms with Crippen LogP contribution in [0.4, 0.5) is 4.79 Å². The van der Waals surface area contributed by atoms with E-state index in [0.29, 0.717) is 13.1 Å². The Bertz CT molecular complexity index is 325. The van der Waals surface area contributed by atoms with E-state index >= 15 is 0 Å². The Morgan fingerprint density at radius 2 is 2.00 bits per heavy atom. The molecule has 0 aromatic carbocycles. The molecule has 0 aliphatic carbocycles. The van der Waals surface area contributed by atoms with Crippen LogP contribution in [0.25, 0.3) is 0 Å². The topological polar surface area (TPSA) is 67.9 Å². The van der Waals surface area contributed by atoms with Crippen LogP contribution >= 0.6 is 0 Å². The molecule has 0 saturated carbocycles. The number of piperidine rings is 1. The van der Waals surface area contributed by atoms with Gasteiger partial charge in [-0.3, -0.25) is 4.79 Å². The van der Waals surface area contributed by atoms with E-state index in [1.807, 2.05) is 20.8 Å². The Labute approximate surface area is 114 Å². The monoisotopic (exact) mass is 272 g/mol. The molecule has 0 aromatic heterocycles. The number of hydroxylamine groups is 2. The minimum absolute atomic E-state index is 0.0187. The van der Waals surface area contributed by atoms with E-state index in [1.165, 1.54) is 6.92 Å². The summed E-state index contributed by atoms with van der Waals surface area (Å²) in [5.41, 5.74) is -0.508. The maximum Gasteiger partial charge on any atom is 0.407 e. The summed E-state index contributed by atoms with van der Waals surface area (Å²) in [6, 6.07) is 0.0187. The van der Waals surface area contributed by atoms with Gasteiger partial charge in [0.15, 0.2) is 0 Å². The fourth-order valence-corrected chi connectivity index (χ4v) is 1.98. The second kappa shape index (κ2) is 6.75. The summed E-state index contributed by atoms with van der Waals surface area (Å²) in [6.45, 7) is 7.96. The summed E-state index contributed by atoms with van der Waals surface area (Å²) in [7, 11) is 0. The molecule has 0 spiro atoms. The smallest absolute Gasteiger partial charge is 0.407 e. The van der Waals surface area contributed by atoms with Gasteiger partial charge in [0.2, 0.25) is 0 Å². The molecular formula is C13H24N2O4. The predicted octanol–water partition coefficient (Wildman–Crippen LogP) is 1.84. The molecule has 0 aromatic rings. The molecule has 1 rings (SSSR count). The van der Waals surface area contributed by atoms with Crippen LogP contribution in [0, 0.1) is 0 Å². The number of carbonyl (C=O) groups excluding carboxylic acids is 2. The van der Waals surface area contributed by atoms with Gasteiger partial charge in [0.1, 0.15) is 5.60 Å². The van der Waals surface area contributed by atoms with Gasteiger partial charge in [-0.15, -0.1) is 5.06 Å². The average Bonchev–Trinajstić information content (AvgIpc) is 2.24. The van der Waals surface area contributed by atoms with E-state index in [-0.39, 0.29) is 12.0 Å². The van der Waals surface area contributed by atoms with Crippen molar-refractivity contribution in [2.75, 3.05) is 13.1 Å². The third-order valence-corrected chi connectivity index (χ3v) is 2.70. The van der Waals surface area contributed by atoms with Crippen molar-refractivity contribution < 1.29 is 19.2 Å². The van der Waals surface area contributed by atoms with E-state index in [4.69, 9.17) is 9.57 Å². The first kappa shape index (κ1) is 15.8. The zero-order valence-corrected chi connectivity index (χ0v) is 12.2. The molecule has 1 N–H and O–H groups in total. The van der Waals surface area contributed by atoms with Gasteiger partial charge in [-0.1, -0.05) is 6.42 Å². The summed E-state index contributed by atoms with van der Waals surface area (Å²) in [5.74, 6) is -0.329. The third kappa shape index (κ3) is 6.42. The van der Waals surface area contributed by atoms with Crippen molar-refractivity contribution in [3.05, 3.63) is 0 Å². The minimum Gasteiger partial charge on any atom is -0.444 e. The molecule has 1 heterocycles. The number of nitrogens with one attached hydrogen (secondary N) is 1. The number of carbonyl (C=O) groups is 2. The fraction of sp³-hybridized carbons (Fsp3) is 0.846. The number of alkyl carbamates (subject to hydrolysis) is 1. The van der Waals surface area contributed by atoms with Gasteiger partial charge in [-0.25, -0.2) is 4.79 Å². The second-order valence-electron chi connectivity index (χ2n) is 5.76. The number of hydrogen-bond acceptors (Lipinski definition) is 5. The molecule has 110 valence electrons. The van der Waals surface area contributed by atoms with Crippen LogP contribution in [-0.2, 0) is 14.4 Å². The zero-order valence-electron chi connectivity index (χ0n) is 12.2. The average molecular weight is 272 g/mol. The normalized spacial score (nSPS) is 20.7. The number of nitrogens with zero attached hydrogens (tertiary/aromatic N) is 1. The second-order valence-corrected chi connectivity index (χ2v) is 5.76. The highest BCUT2D eigenvalue weighted by Gasteiger charge is 2.26. The largest absolute Gasteiger partial charge is 0.444 e. The Balaban J connectivity index is 2.40. The number of ether oxygens (including phenoxy) is 1. The molecule has 0 radical (unpaired) electrons. The lowest BCUT2D eigenvalue weighted by Gasteiger charge is -2.33. The molecule has 19 heavy (non-hydrogen) atoms. The fourth-order valence-electron chi connectivity index (χ4n) is 1.98. The molecule has 6 heteroatoms. The van der Waals surface area contributed by atoms with Crippen LogP contribution in [0.3, 0.4) is 0 Å². The van der Waals surface area contributed by atoms with Crippen molar-refractivity contribution in [1.82, 2.24) is 10.4 Å². The summed E-state index contributed by atoms with van der Waals surface area (Å²) in [5, 5.41) is 4.37.